The van der Waals surface area contributed by atoms with Crippen LogP contribution >= 0.6 is 0 Å². The van der Waals surface area contributed by atoms with Crippen LogP contribution in [0.25, 0.3) is 0 Å². The minimum Gasteiger partial charge on any atom is -0.351 e. The van der Waals surface area contributed by atoms with Crippen LogP contribution in [0.5, 0.6) is 0 Å². The monoisotopic (exact) mass is 507 g/mol. The average Bonchev–Trinajstić information content (AvgIpc) is 3.11. The number of anilines is 1. The first-order valence-electron chi connectivity index (χ1n) is 11.9. The van der Waals surface area contributed by atoms with Gasteiger partial charge in [-0.15, -0.1) is 0 Å². The summed E-state index contributed by atoms with van der Waals surface area (Å²) in [5, 5.41) is 2.20. The van der Waals surface area contributed by atoms with E-state index in [1.54, 1.807) is 24.3 Å². The van der Waals surface area contributed by atoms with Crippen molar-refractivity contribution in [3.63, 3.8) is 0 Å². The van der Waals surface area contributed by atoms with Gasteiger partial charge in [0.1, 0.15) is 5.82 Å². The van der Waals surface area contributed by atoms with Crippen molar-refractivity contribution in [2.75, 3.05) is 11.4 Å². The summed E-state index contributed by atoms with van der Waals surface area (Å²) in [6.45, 7) is 11.7. The van der Waals surface area contributed by atoms with E-state index in [0.29, 0.717) is 11.7 Å². The van der Waals surface area contributed by atoms with E-state index in [4.69, 9.17) is 4.98 Å². The fourth-order valence-electron chi connectivity index (χ4n) is 4.98. The Kier molecular flexibility index (Phi) is 6.63. The molecule has 1 amide bonds. The maximum Gasteiger partial charge on any atom is 0.268 e. The summed E-state index contributed by atoms with van der Waals surface area (Å²) >= 11 is 0. The molecule has 0 unspecified atom stereocenters. The molecule has 2 heterocycles. The zero-order valence-electron chi connectivity index (χ0n) is 20.9. The zero-order valence-corrected chi connectivity index (χ0v) is 22.8. The number of pyridine rings is 1. The average molecular weight is 508 g/mol. The van der Waals surface area contributed by atoms with Crippen LogP contribution in [0.15, 0.2) is 77.7 Å². The molecule has 2 aromatic carbocycles. The number of hydrogen-bond donors (Lipinski definition) is 1. The van der Waals surface area contributed by atoms with Crippen molar-refractivity contribution in [2.45, 2.75) is 50.7 Å². The lowest BCUT2D eigenvalue weighted by atomic mass is 9.97. The zero-order chi connectivity index (χ0) is 25.4. The summed E-state index contributed by atoms with van der Waals surface area (Å²) in [5.41, 5.74) is 0.0601. The largest absolute Gasteiger partial charge is 0.351 e. The molecule has 35 heavy (non-hydrogen) atoms. The number of carbonyl (C=O) groups excluding carboxylic acids is 1. The van der Waals surface area contributed by atoms with Gasteiger partial charge in [0.25, 0.3) is 15.9 Å². The molecule has 1 N–H and O–H groups in total. The first-order valence-corrected chi connectivity index (χ1v) is 16.4. The highest BCUT2D eigenvalue weighted by Crippen LogP contribution is 2.37. The fourth-order valence-corrected chi connectivity index (χ4v) is 8.17. The van der Waals surface area contributed by atoms with Crippen molar-refractivity contribution in [2.24, 2.45) is 5.92 Å². The van der Waals surface area contributed by atoms with E-state index in [9.17, 15) is 13.2 Å². The van der Waals surface area contributed by atoms with E-state index in [0.717, 1.165) is 18.3 Å². The van der Waals surface area contributed by atoms with Gasteiger partial charge in [-0.3, -0.25) is 9.78 Å². The molecule has 0 saturated carbocycles. The lowest BCUT2D eigenvalue weighted by Crippen LogP contribution is -2.55. The Labute approximate surface area is 209 Å². The van der Waals surface area contributed by atoms with E-state index < -0.39 is 24.0 Å². The Morgan fingerprint density at radius 2 is 1.60 bits per heavy atom. The predicted octanol–water partition coefficient (Wildman–Crippen LogP) is 3.65. The minimum absolute atomic E-state index is 0.0484. The number of hydrogen-bond acceptors (Lipinski definition) is 5. The van der Waals surface area contributed by atoms with Crippen LogP contribution in [0.4, 0.5) is 5.82 Å². The molecule has 1 aliphatic rings. The molecule has 6 nitrogen and oxygen atoms in total. The molecule has 1 fully saturated rings. The summed E-state index contributed by atoms with van der Waals surface area (Å²) in [4.78, 5) is 20.7. The van der Waals surface area contributed by atoms with E-state index in [-0.39, 0.29) is 16.0 Å². The van der Waals surface area contributed by atoms with Gasteiger partial charge in [0.15, 0.2) is 0 Å². The van der Waals surface area contributed by atoms with E-state index in [1.165, 1.54) is 17.3 Å². The quantitative estimate of drug-likeness (QED) is 0.515. The van der Waals surface area contributed by atoms with Gasteiger partial charge in [-0.1, -0.05) is 74.9 Å². The summed E-state index contributed by atoms with van der Waals surface area (Å²) in [7, 11) is -6.15. The molecule has 0 radical (unpaired) electrons. The number of aromatic nitrogens is 1. The Morgan fingerprint density at radius 3 is 2.17 bits per heavy atom. The number of nitrogens with one attached hydrogen (secondary N) is 1. The molecule has 1 atom stereocenters. The van der Waals surface area contributed by atoms with Gasteiger partial charge >= 0.3 is 0 Å². The maximum atomic E-state index is 13.4. The van der Waals surface area contributed by atoms with Crippen LogP contribution in [0.3, 0.4) is 0 Å². The summed E-state index contributed by atoms with van der Waals surface area (Å²) < 4.78 is 28.0. The molecule has 1 aliphatic heterocycles. The molecule has 3 aromatic rings. The highest BCUT2D eigenvalue weighted by atomic mass is 32.2. The standard InChI is InChI=1S/C27H33N3O3SSi/c1-20-18-27(2,3)30(19-20)25-23(26(31)29-34(32,33)21-12-8-6-9-13-21)16-17-24(28-25)35(4,5)22-14-10-7-11-15-22/h6-17,20H,18-19H2,1-5H3,(H,29,31)/q-1/t20-/m0/s1. The van der Waals surface area contributed by atoms with Crippen LogP contribution in [-0.4, -0.2) is 39.5 Å². The van der Waals surface area contributed by atoms with Gasteiger partial charge in [-0.25, -0.2) is 13.1 Å². The fraction of sp³-hybridized carbons (Fsp3) is 0.333. The van der Waals surface area contributed by atoms with Crippen LogP contribution in [0.1, 0.15) is 37.6 Å². The summed E-state index contributed by atoms with van der Waals surface area (Å²) in [5.74, 6) is 0.311. The highest BCUT2D eigenvalue weighted by molar-refractivity contribution is 7.90. The second-order valence-electron chi connectivity index (χ2n) is 10.5. The minimum atomic E-state index is -4.01. The van der Waals surface area contributed by atoms with Gasteiger partial charge < -0.3 is 4.90 Å². The van der Waals surface area contributed by atoms with Crippen molar-refractivity contribution in [3.8, 4) is 0 Å². The lowest BCUT2D eigenvalue weighted by molar-refractivity contribution is 0.0981. The van der Waals surface area contributed by atoms with Crippen molar-refractivity contribution in [3.05, 3.63) is 78.4 Å². The third-order valence-electron chi connectivity index (χ3n) is 6.86. The van der Waals surface area contributed by atoms with Gasteiger partial charge in [0, 0.05) is 12.1 Å². The smallest absolute Gasteiger partial charge is 0.268 e. The molecular weight excluding hydrogens is 474 g/mol. The molecule has 0 spiro atoms. The third-order valence-corrected chi connectivity index (χ3v) is 11.5. The lowest BCUT2D eigenvalue weighted by Gasteiger charge is -2.38. The second-order valence-corrected chi connectivity index (χ2v) is 16.6. The molecule has 185 valence electrons. The molecular formula is C27H33N3O3SSi-. The summed E-state index contributed by atoms with van der Waals surface area (Å²) in [6.07, 6.45) is 0.960. The maximum absolute atomic E-state index is 13.4. The van der Waals surface area contributed by atoms with Crippen LogP contribution in [-0.2, 0) is 10.0 Å². The number of rotatable bonds is 6. The Bertz CT molecular complexity index is 1330. The summed E-state index contributed by atoms with van der Waals surface area (Å²) in [6, 6.07) is 21.9. The van der Waals surface area contributed by atoms with Crippen molar-refractivity contribution in [1.29, 1.82) is 0 Å². The third kappa shape index (κ3) is 5.04. The topological polar surface area (TPSA) is 79.4 Å². The second kappa shape index (κ2) is 9.24. The van der Waals surface area contributed by atoms with Crippen LogP contribution in [0, 0.1) is 5.92 Å². The van der Waals surface area contributed by atoms with Gasteiger partial charge in [-0.05, 0) is 44.4 Å². The van der Waals surface area contributed by atoms with Crippen molar-refractivity contribution in [1.82, 2.24) is 9.71 Å². The van der Waals surface area contributed by atoms with Gasteiger partial charge in [0.05, 0.1) is 10.5 Å². The van der Waals surface area contributed by atoms with Gasteiger partial charge in [0.2, 0.25) is 0 Å². The van der Waals surface area contributed by atoms with Crippen LogP contribution < -0.4 is 20.1 Å². The SMILES string of the molecule is C[C@@H]1CN(c2nc([Si-](C)(C)c3ccccc3)ccc2C(=O)NS(=O)(=O)c2ccccc2)C(C)(C)C1. The van der Waals surface area contributed by atoms with E-state index >= 15 is 0 Å². The first kappa shape index (κ1) is 25.1. The van der Waals surface area contributed by atoms with Crippen molar-refractivity contribution < 1.29 is 13.2 Å². The first-order chi connectivity index (χ1) is 16.4. The molecule has 0 aliphatic carbocycles. The molecule has 4 rings (SSSR count). The number of benzene rings is 2. The van der Waals surface area contributed by atoms with Crippen molar-refractivity contribution >= 4 is 40.3 Å². The van der Waals surface area contributed by atoms with Gasteiger partial charge in [-0.2, -0.15) is 18.3 Å². The van der Waals surface area contributed by atoms with Crippen LogP contribution in [0.2, 0.25) is 13.1 Å². The van der Waals surface area contributed by atoms with E-state index in [2.05, 4.69) is 55.6 Å². The Balaban J connectivity index is 1.79. The van der Waals surface area contributed by atoms with E-state index in [1.807, 2.05) is 24.3 Å². The number of amides is 1. The normalized spacial score (nSPS) is 17.9. The molecule has 1 saturated heterocycles. The molecule has 1 aromatic heterocycles. The highest BCUT2D eigenvalue weighted by Gasteiger charge is 2.39. The number of nitrogens with zero attached hydrogens (tertiary/aromatic N) is 2. The molecule has 0 bridgehead atoms. The number of carbonyl (C=O) groups is 1. The predicted molar refractivity (Wildman–Crippen MR) is 144 cm³/mol. The Hall–Kier alpha value is -2.97. The Morgan fingerprint density at radius 1 is 1.00 bits per heavy atom. The number of sulfonamides is 1. The molecule has 8 heteroatoms.